The molecule has 0 spiro atoms. The maximum atomic E-state index is 12.2. The standard InChI is InChI=1S/C4F8O4S/c5-1(13)2(6,7)16-3(8,9)4(10,11)17(12,14)15. The lowest BCUT2D eigenvalue weighted by molar-refractivity contribution is -0.401. The fourth-order valence-electron chi connectivity index (χ4n) is 0.402. The van der Waals surface area contributed by atoms with Crippen LogP contribution in [-0.2, 0) is 19.8 Å². The topological polar surface area (TPSA) is 60.4 Å². The van der Waals surface area contributed by atoms with Gasteiger partial charge in [0.1, 0.15) is 0 Å². The molecule has 0 radical (unpaired) electrons. The van der Waals surface area contributed by atoms with Crippen molar-refractivity contribution in [3.63, 3.8) is 0 Å². The van der Waals surface area contributed by atoms with Crippen LogP contribution in [0.1, 0.15) is 0 Å². The first kappa shape index (κ1) is 16.0. The molecule has 0 aromatic carbocycles. The van der Waals surface area contributed by atoms with Gasteiger partial charge in [-0.25, -0.2) is 4.74 Å². The summed E-state index contributed by atoms with van der Waals surface area (Å²) in [6.45, 7) is 0. The monoisotopic (exact) mass is 296 g/mol. The van der Waals surface area contributed by atoms with Gasteiger partial charge >= 0.3 is 33.7 Å². The second kappa shape index (κ2) is 4.04. The number of halogens is 8. The van der Waals surface area contributed by atoms with Gasteiger partial charge in [-0.05, 0) is 0 Å². The van der Waals surface area contributed by atoms with E-state index in [4.69, 9.17) is 0 Å². The summed E-state index contributed by atoms with van der Waals surface area (Å²) in [5.74, 6) is 0. The van der Waals surface area contributed by atoms with Crippen molar-refractivity contribution < 1.29 is 52.6 Å². The van der Waals surface area contributed by atoms with Crippen molar-refractivity contribution in [3.8, 4) is 0 Å². The molecule has 0 aliphatic rings. The van der Waals surface area contributed by atoms with Gasteiger partial charge in [0.25, 0.3) is 0 Å². The average Bonchev–Trinajstić information content (AvgIpc) is 1.98. The van der Waals surface area contributed by atoms with Crippen molar-refractivity contribution in [1.82, 2.24) is 0 Å². The van der Waals surface area contributed by atoms with Gasteiger partial charge in [-0.1, -0.05) is 3.89 Å². The van der Waals surface area contributed by atoms with E-state index in [9.17, 15) is 47.8 Å². The van der Waals surface area contributed by atoms with E-state index in [2.05, 4.69) is 0 Å². The third-order valence-corrected chi connectivity index (χ3v) is 1.98. The summed E-state index contributed by atoms with van der Waals surface area (Å²) in [5, 5.41) is -6.72. The minimum atomic E-state index is -7.33. The molecule has 0 aliphatic heterocycles. The summed E-state index contributed by atoms with van der Waals surface area (Å²) in [5.41, 5.74) is 0. The molecule has 0 N–H and O–H groups in total. The quantitative estimate of drug-likeness (QED) is 0.571. The molecule has 0 amide bonds. The number of hydrogen-bond donors (Lipinski definition) is 0. The smallest absolute Gasteiger partial charge is 0.251 e. The lowest BCUT2D eigenvalue weighted by Crippen LogP contribution is -2.51. The Morgan fingerprint density at radius 2 is 1.35 bits per heavy atom. The van der Waals surface area contributed by atoms with E-state index in [-0.39, 0.29) is 0 Å². The summed E-state index contributed by atoms with van der Waals surface area (Å²) < 4.78 is 116. The Kier molecular flexibility index (Phi) is 3.81. The Bertz CT molecular complexity index is 413. The highest BCUT2D eigenvalue weighted by Gasteiger charge is 2.72. The Balaban J connectivity index is 5.39. The molecule has 0 aliphatic carbocycles. The van der Waals surface area contributed by atoms with E-state index in [1.165, 1.54) is 0 Å². The first-order chi connectivity index (χ1) is 7.15. The van der Waals surface area contributed by atoms with Crippen LogP contribution in [0.4, 0.5) is 34.6 Å². The molecular weight excluding hydrogens is 296 g/mol. The molecule has 0 heterocycles. The zero-order valence-corrected chi connectivity index (χ0v) is 7.88. The molecule has 102 valence electrons. The third-order valence-electron chi connectivity index (χ3n) is 1.13. The van der Waals surface area contributed by atoms with Crippen LogP contribution in [0, 0.1) is 0 Å². The van der Waals surface area contributed by atoms with E-state index in [1.54, 1.807) is 4.74 Å². The van der Waals surface area contributed by atoms with E-state index < -0.39 is 33.7 Å². The summed E-state index contributed by atoms with van der Waals surface area (Å²) in [4.78, 5) is 9.36. The number of rotatable bonds is 5. The molecule has 0 bridgehead atoms. The molecule has 0 aromatic rings. The normalized spacial score (nSPS) is 14.8. The molecule has 0 aromatic heterocycles. The van der Waals surface area contributed by atoms with Crippen LogP contribution in [0.2, 0.25) is 0 Å². The average molecular weight is 296 g/mol. The van der Waals surface area contributed by atoms with E-state index in [0.29, 0.717) is 0 Å². The molecule has 4 nitrogen and oxygen atoms in total. The molecule has 0 atom stereocenters. The zero-order chi connectivity index (χ0) is 14.3. The predicted octanol–water partition coefficient (Wildman–Crippen LogP) is 1.58. The number of hydrogen-bond acceptors (Lipinski definition) is 4. The number of carbonyl (C=O) groups is 1. The van der Waals surface area contributed by atoms with Crippen LogP contribution in [0.3, 0.4) is 0 Å². The minimum absolute atomic E-state index is 1.72. The van der Waals surface area contributed by atoms with Crippen LogP contribution in [0.5, 0.6) is 0 Å². The maximum absolute atomic E-state index is 12.2. The van der Waals surface area contributed by atoms with Crippen molar-refractivity contribution >= 4 is 16.3 Å². The van der Waals surface area contributed by atoms with Crippen molar-refractivity contribution in [2.75, 3.05) is 0 Å². The third kappa shape index (κ3) is 3.02. The van der Waals surface area contributed by atoms with Crippen molar-refractivity contribution in [2.45, 2.75) is 17.5 Å². The van der Waals surface area contributed by atoms with Crippen LogP contribution in [-0.4, -0.2) is 31.9 Å². The number of ether oxygens (including phenoxy) is 1. The largest absolute Gasteiger partial charge is 0.464 e. The molecule has 0 saturated carbocycles. The van der Waals surface area contributed by atoms with Gasteiger partial charge in [-0.15, -0.1) is 0 Å². The van der Waals surface area contributed by atoms with Gasteiger partial charge < -0.3 is 0 Å². The molecule has 0 saturated heterocycles. The highest BCUT2D eigenvalue weighted by atomic mass is 32.3. The Hall–Kier alpha value is -0.980. The lowest BCUT2D eigenvalue weighted by Gasteiger charge is -2.24. The first-order valence-corrected chi connectivity index (χ1v) is 4.51. The van der Waals surface area contributed by atoms with Gasteiger partial charge in [0.2, 0.25) is 0 Å². The summed E-state index contributed by atoms with van der Waals surface area (Å²) in [6.07, 6.45) is -12.7. The molecule has 13 heteroatoms. The summed E-state index contributed by atoms with van der Waals surface area (Å²) >= 11 is 0. The highest BCUT2D eigenvalue weighted by molar-refractivity contribution is 7.87. The minimum Gasteiger partial charge on any atom is -0.251 e. The van der Waals surface area contributed by atoms with E-state index >= 15 is 0 Å². The van der Waals surface area contributed by atoms with Crippen LogP contribution < -0.4 is 0 Å². The molecule has 0 fully saturated rings. The predicted molar refractivity (Wildman–Crippen MR) is 32.1 cm³/mol. The zero-order valence-electron chi connectivity index (χ0n) is 7.06. The second-order valence-electron chi connectivity index (χ2n) is 2.36. The SMILES string of the molecule is O=C(F)C(F)(F)OC(F)(F)C(F)(F)S(=O)(=O)F. The van der Waals surface area contributed by atoms with Crippen molar-refractivity contribution in [1.29, 1.82) is 0 Å². The summed E-state index contributed by atoms with van der Waals surface area (Å²) in [7, 11) is -7.33. The van der Waals surface area contributed by atoms with Gasteiger partial charge in [-0.2, -0.15) is 39.2 Å². The van der Waals surface area contributed by atoms with Crippen molar-refractivity contribution in [2.24, 2.45) is 0 Å². The summed E-state index contributed by atoms with van der Waals surface area (Å²) in [6, 6.07) is -3.90. The maximum Gasteiger partial charge on any atom is 0.464 e. The van der Waals surface area contributed by atoms with E-state index in [0.717, 1.165) is 0 Å². The van der Waals surface area contributed by atoms with Gasteiger partial charge in [-0.3, -0.25) is 4.79 Å². The lowest BCUT2D eigenvalue weighted by atomic mass is 10.6. The first-order valence-electron chi connectivity index (χ1n) is 3.13. The Morgan fingerprint density at radius 1 is 1.00 bits per heavy atom. The molecule has 0 rings (SSSR count). The van der Waals surface area contributed by atoms with Gasteiger partial charge in [0.15, 0.2) is 0 Å². The molecular formula is C4F8O4S. The van der Waals surface area contributed by atoms with Gasteiger partial charge in [0, 0.05) is 0 Å². The van der Waals surface area contributed by atoms with Gasteiger partial charge in [0.05, 0.1) is 0 Å². The van der Waals surface area contributed by atoms with Crippen LogP contribution in [0.25, 0.3) is 0 Å². The molecule has 0 unspecified atom stereocenters. The number of alkyl halides is 6. The van der Waals surface area contributed by atoms with Crippen LogP contribution >= 0.6 is 0 Å². The fraction of sp³-hybridized carbons (Fsp3) is 0.750. The second-order valence-corrected chi connectivity index (χ2v) is 3.75. The van der Waals surface area contributed by atoms with E-state index in [1.807, 2.05) is 0 Å². The van der Waals surface area contributed by atoms with Crippen molar-refractivity contribution in [3.05, 3.63) is 0 Å². The molecule has 17 heavy (non-hydrogen) atoms. The Morgan fingerprint density at radius 3 is 1.59 bits per heavy atom. The fourth-order valence-corrected chi connectivity index (χ4v) is 0.728. The Labute approximate surface area is 87.4 Å². The highest BCUT2D eigenvalue weighted by Crippen LogP contribution is 2.43. The van der Waals surface area contributed by atoms with Crippen LogP contribution in [0.15, 0.2) is 0 Å². The number of carbonyl (C=O) groups excluding carboxylic acids is 1.